The molecule has 0 spiro atoms. The first-order chi connectivity index (χ1) is 5.43. The third-order valence-corrected chi connectivity index (χ3v) is 3.01. The van der Waals surface area contributed by atoms with E-state index in [0.717, 1.165) is 0 Å². The molecular formula is C10H18N2. The Morgan fingerprint density at radius 2 is 2.00 bits per heavy atom. The highest BCUT2D eigenvalue weighted by molar-refractivity contribution is 5.19. The van der Waals surface area contributed by atoms with Gasteiger partial charge < -0.3 is 0 Å². The fraction of sp³-hybridized carbons (Fsp3) is 0.900. The molecule has 2 heteroatoms. The summed E-state index contributed by atoms with van der Waals surface area (Å²) < 4.78 is 0. The highest BCUT2D eigenvalue weighted by Crippen LogP contribution is 2.53. The maximum absolute atomic E-state index is 9.10. The zero-order valence-electron chi connectivity index (χ0n) is 8.44. The number of nitrogens with one attached hydrogen (secondary N) is 1. The highest BCUT2D eigenvalue weighted by atomic mass is 15.0. The zero-order chi connectivity index (χ0) is 9.41. The van der Waals surface area contributed by atoms with Crippen LogP contribution >= 0.6 is 0 Å². The van der Waals surface area contributed by atoms with Gasteiger partial charge in [0, 0.05) is 6.04 Å². The first kappa shape index (κ1) is 9.54. The lowest BCUT2D eigenvalue weighted by Crippen LogP contribution is -2.50. The zero-order valence-corrected chi connectivity index (χ0v) is 8.44. The molecule has 68 valence electrons. The second-order valence-electron chi connectivity index (χ2n) is 4.60. The Hall–Kier alpha value is -0.550. The van der Waals surface area contributed by atoms with Crippen molar-refractivity contribution in [2.24, 2.45) is 5.41 Å². The highest BCUT2D eigenvalue weighted by Gasteiger charge is 2.53. The largest absolute Gasteiger partial charge is 0.297 e. The molecule has 1 atom stereocenters. The number of hydrogen-bond donors (Lipinski definition) is 1. The van der Waals surface area contributed by atoms with Crippen molar-refractivity contribution in [3.05, 3.63) is 0 Å². The average molecular weight is 166 g/mol. The van der Waals surface area contributed by atoms with Crippen molar-refractivity contribution in [2.75, 3.05) is 0 Å². The summed E-state index contributed by atoms with van der Waals surface area (Å²) in [6, 6.07) is 2.78. The normalized spacial score (nSPS) is 24.7. The minimum absolute atomic E-state index is 0.214. The summed E-state index contributed by atoms with van der Waals surface area (Å²) >= 11 is 0. The van der Waals surface area contributed by atoms with Gasteiger partial charge in [-0.3, -0.25) is 5.32 Å². The minimum atomic E-state index is -0.332. The van der Waals surface area contributed by atoms with Gasteiger partial charge in [0.1, 0.15) is 5.54 Å². The van der Waals surface area contributed by atoms with Crippen molar-refractivity contribution in [3.8, 4) is 6.07 Å². The lowest BCUT2D eigenvalue weighted by atomic mass is 9.84. The quantitative estimate of drug-likeness (QED) is 0.696. The van der Waals surface area contributed by atoms with E-state index in [2.05, 4.69) is 32.2 Å². The fourth-order valence-electron chi connectivity index (χ4n) is 1.61. The number of nitrogens with zero attached hydrogens (tertiary/aromatic N) is 1. The van der Waals surface area contributed by atoms with E-state index in [1.807, 2.05) is 6.92 Å². The third kappa shape index (κ3) is 1.47. The molecule has 12 heavy (non-hydrogen) atoms. The van der Waals surface area contributed by atoms with Crippen molar-refractivity contribution in [1.82, 2.24) is 5.32 Å². The lowest BCUT2D eigenvalue weighted by Gasteiger charge is -2.32. The molecule has 0 heterocycles. The Morgan fingerprint density at radius 3 is 2.25 bits per heavy atom. The second kappa shape index (κ2) is 2.74. The molecule has 0 aliphatic heterocycles. The molecule has 0 saturated heterocycles. The molecule has 1 saturated carbocycles. The molecule has 1 rings (SSSR count). The van der Waals surface area contributed by atoms with E-state index in [0.29, 0.717) is 6.04 Å². The van der Waals surface area contributed by atoms with E-state index in [9.17, 15) is 0 Å². The second-order valence-corrected chi connectivity index (χ2v) is 4.60. The molecule has 0 radical (unpaired) electrons. The van der Waals surface area contributed by atoms with Gasteiger partial charge in [0.2, 0.25) is 0 Å². The van der Waals surface area contributed by atoms with Gasteiger partial charge in [-0.25, -0.2) is 0 Å². The van der Waals surface area contributed by atoms with Crippen molar-refractivity contribution in [2.45, 2.75) is 52.1 Å². The molecule has 1 aliphatic carbocycles. The van der Waals surface area contributed by atoms with Crippen LogP contribution in [0.3, 0.4) is 0 Å². The van der Waals surface area contributed by atoms with Crippen LogP contribution in [-0.4, -0.2) is 11.6 Å². The molecule has 1 unspecified atom stereocenters. The van der Waals surface area contributed by atoms with Crippen LogP contribution < -0.4 is 5.32 Å². The van der Waals surface area contributed by atoms with Gasteiger partial charge in [-0.1, -0.05) is 6.92 Å². The summed E-state index contributed by atoms with van der Waals surface area (Å²) in [5.74, 6) is 0. The average Bonchev–Trinajstić information content (AvgIpc) is 2.68. The Balaban J connectivity index is 2.71. The maximum Gasteiger partial charge on any atom is 0.109 e. The molecule has 1 aliphatic rings. The first-order valence-electron chi connectivity index (χ1n) is 4.62. The van der Waals surface area contributed by atoms with Crippen molar-refractivity contribution in [3.63, 3.8) is 0 Å². The standard InChI is InChI=1S/C10H18N2/c1-8(2)12-10(4,7-11)9(3)5-6-9/h8,12H,5-6H2,1-4H3. The van der Waals surface area contributed by atoms with Crippen LogP contribution in [0.15, 0.2) is 0 Å². The Kier molecular flexibility index (Phi) is 2.18. The van der Waals surface area contributed by atoms with Crippen LogP contribution in [0.4, 0.5) is 0 Å². The van der Waals surface area contributed by atoms with Crippen LogP contribution in [0.1, 0.15) is 40.5 Å². The smallest absolute Gasteiger partial charge is 0.109 e. The predicted octanol–water partition coefficient (Wildman–Crippen LogP) is 2.07. The Morgan fingerprint density at radius 1 is 1.50 bits per heavy atom. The summed E-state index contributed by atoms with van der Waals surface area (Å²) in [6.45, 7) is 8.37. The van der Waals surface area contributed by atoms with E-state index < -0.39 is 0 Å². The van der Waals surface area contributed by atoms with Gasteiger partial charge in [0.15, 0.2) is 0 Å². The predicted molar refractivity (Wildman–Crippen MR) is 49.6 cm³/mol. The summed E-state index contributed by atoms with van der Waals surface area (Å²) in [7, 11) is 0. The molecule has 0 aromatic heterocycles. The number of hydrogen-bond acceptors (Lipinski definition) is 2. The SMILES string of the molecule is CC(C)NC(C)(C#N)C1(C)CC1. The van der Waals surface area contributed by atoms with E-state index in [1.54, 1.807) is 0 Å². The van der Waals surface area contributed by atoms with E-state index >= 15 is 0 Å². The fourth-order valence-corrected chi connectivity index (χ4v) is 1.61. The van der Waals surface area contributed by atoms with Gasteiger partial charge in [-0.05, 0) is 39.0 Å². The molecule has 1 N–H and O–H groups in total. The third-order valence-electron chi connectivity index (χ3n) is 3.01. The van der Waals surface area contributed by atoms with E-state index in [1.165, 1.54) is 12.8 Å². The summed E-state index contributed by atoms with van der Waals surface area (Å²) in [4.78, 5) is 0. The molecule has 0 amide bonds. The first-order valence-corrected chi connectivity index (χ1v) is 4.62. The van der Waals surface area contributed by atoms with Crippen LogP contribution in [-0.2, 0) is 0 Å². The van der Waals surface area contributed by atoms with Crippen molar-refractivity contribution >= 4 is 0 Å². The minimum Gasteiger partial charge on any atom is -0.297 e. The summed E-state index contributed by atoms with van der Waals surface area (Å²) in [5, 5.41) is 12.4. The van der Waals surface area contributed by atoms with Gasteiger partial charge in [0.05, 0.1) is 6.07 Å². The van der Waals surface area contributed by atoms with Crippen LogP contribution in [0, 0.1) is 16.7 Å². The topological polar surface area (TPSA) is 35.8 Å². The Labute approximate surface area is 75.0 Å². The lowest BCUT2D eigenvalue weighted by molar-refractivity contribution is 0.276. The van der Waals surface area contributed by atoms with Gasteiger partial charge in [-0.2, -0.15) is 5.26 Å². The summed E-state index contributed by atoms with van der Waals surface area (Å²) in [5.41, 5.74) is -0.118. The van der Waals surface area contributed by atoms with Crippen molar-refractivity contribution < 1.29 is 0 Å². The van der Waals surface area contributed by atoms with Crippen LogP contribution in [0.25, 0.3) is 0 Å². The summed E-state index contributed by atoms with van der Waals surface area (Å²) in [6.07, 6.45) is 2.35. The van der Waals surface area contributed by atoms with Gasteiger partial charge in [0.25, 0.3) is 0 Å². The monoisotopic (exact) mass is 166 g/mol. The van der Waals surface area contributed by atoms with Crippen molar-refractivity contribution in [1.29, 1.82) is 5.26 Å². The molecule has 0 aromatic carbocycles. The molecule has 0 aromatic rings. The van der Waals surface area contributed by atoms with Gasteiger partial charge >= 0.3 is 0 Å². The maximum atomic E-state index is 9.10. The Bertz CT molecular complexity index is 210. The number of nitriles is 1. The molecule has 0 bridgehead atoms. The number of rotatable bonds is 3. The van der Waals surface area contributed by atoms with Gasteiger partial charge in [-0.15, -0.1) is 0 Å². The van der Waals surface area contributed by atoms with Crippen LogP contribution in [0.5, 0.6) is 0 Å². The molecular weight excluding hydrogens is 148 g/mol. The molecule has 2 nitrogen and oxygen atoms in total. The van der Waals surface area contributed by atoms with E-state index in [4.69, 9.17) is 5.26 Å². The van der Waals surface area contributed by atoms with E-state index in [-0.39, 0.29) is 11.0 Å². The molecule has 1 fully saturated rings. The van der Waals surface area contributed by atoms with Crippen LogP contribution in [0.2, 0.25) is 0 Å².